The fourth-order valence-electron chi connectivity index (χ4n) is 4.00. The minimum absolute atomic E-state index is 0.0625. The first-order chi connectivity index (χ1) is 20.1. The van der Waals surface area contributed by atoms with Gasteiger partial charge >= 0.3 is 11.9 Å². The monoisotopic (exact) mass is 615 g/mol. The van der Waals surface area contributed by atoms with E-state index in [0.717, 1.165) is 14.8 Å². The van der Waals surface area contributed by atoms with Crippen LogP contribution in [0.3, 0.4) is 0 Å². The summed E-state index contributed by atoms with van der Waals surface area (Å²) in [6.07, 6.45) is 0.114. The molecule has 0 spiro atoms. The number of ether oxygens (including phenoxy) is 4. The van der Waals surface area contributed by atoms with Crippen LogP contribution in [-0.2, 0) is 9.59 Å². The molecule has 0 aliphatic rings. The van der Waals surface area contributed by atoms with Crippen molar-refractivity contribution >= 4 is 66.5 Å². The number of carbonyl (C=O) groups is 4. The molecule has 2 N–H and O–H groups in total. The molecule has 0 aliphatic heterocycles. The fraction of sp³-hybridized carbons (Fsp3) is 0.345. The van der Waals surface area contributed by atoms with Crippen molar-refractivity contribution in [3.63, 3.8) is 0 Å². The van der Waals surface area contributed by atoms with E-state index in [1.54, 1.807) is 30.3 Å². The zero-order valence-corrected chi connectivity index (χ0v) is 24.8. The molecule has 3 aromatic heterocycles. The smallest absolute Gasteiger partial charge is 0.306 e. The fourth-order valence-corrected chi connectivity index (χ4v) is 6.02. The van der Waals surface area contributed by atoms with E-state index < -0.39 is 17.9 Å². The Morgan fingerprint density at radius 1 is 0.810 bits per heavy atom. The summed E-state index contributed by atoms with van der Waals surface area (Å²) in [5, 5.41) is 18.7. The number of nitrogens with zero attached hydrogens (tertiary/aromatic N) is 1. The molecule has 42 heavy (non-hydrogen) atoms. The summed E-state index contributed by atoms with van der Waals surface area (Å²) in [6, 6.07) is 8.66. The Morgan fingerprint density at radius 3 is 2.17 bits per heavy atom. The van der Waals surface area contributed by atoms with E-state index in [-0.39, 0.29) is 43.3 Å². The van der Waals surface area contributed by atoms with Gasteiger partial charge in [0.2, 0.25) is 0 Å². The molecule has 0 saturated heterocycles. The van der Waals surface area contributed by atoms with Gasteiger partial charge in [0.15, 0.2) is 28.8 Å². The zero-order chi connectivity index (χ0) is 30.4. The largest absolute Gasteiger partial charge is 0.493 e. The minimum Gasteiger partial charge on any atom is -0.493 e. The highest BCUT2D eigenvalue weighted by Crippen LogP contribution is 2.37. The second kappa shape index (κ2) is 13.6. The number of pyridine rings is 1. The lowest BCUT2D eigenvalue weighted by Gasteiger charge is -2.12. The average molecular weight is 616 g/mol. The number of carboxylic acids is 2. The number of aromatic nitrogens is 1. The molecule has 0 radical (unpaired) electrons. The van der Waals surface area contributed by atoms with Gasteiger partial charge in [-0.05, 0) is 23.6 Å². The lowest BCUT2D eigenvalue weighted by Crippen LogP contribution is -2.13. The average Bonchev–Trinajstić information content (AvgIpc) is 3.58. The molecular formula is C29H29NO10S2. The predicted molar refractivity (Wildman–Crippen MR) is 157 cm³/mol. The molecule has 3 heterocycles. The molecule has 11 nitrogen and oxygen atoms in total. The van der Waals surface area contributed by atoms with Crippen LogP contribution in [0.5, 0.6) is 23.1 Å². The summed E-state index contributed by atoms with van der Waals surface area (Å²) in [5.41, 5.74) is 0.549. The van der Waals surface area contributed by atoms with Crippen LogP contribution < -0.4 is 18.9 Å². The highest BCUT2D eigenvalue weighted by molar-refractivity contribution is 7.21. The summed E-state index contributed by atoms with van der Waals surface area (Å²) < 4.78 is 24.2. The molecule has 0 saturated carbocycles. The first-order valence-corrected chi connectivity index (χ1v) is 14.6. The van der Waals surface area contributed by atoms with Crippen LogP contribution >= 0.6 is 22.7 Å². The lowest BCUT2D eigenvalue weighted by molar-refractivity contribution is -0.141. The highest BCUT2D eigenvalue weighted by Gasteiger charge is 2.20. The van der Waals surface area contributed by atoms with Gasteiger partial charge in [-0.3, -0.25) is 19.2 Å². The molecular weight excluding hydrogens is 586 g/mol. The number of ketones is 2. The van der Waals surface area contributed by atoms with Gasteiger partial charge in [0.1, 0.15) is 0 Å². The van der Waals surface area contributed by atoms with Crippen molar-refractivity contribution in [3.05, 3.63) is 40.1 Å². The number of fused-ring (bicyclic) bond motifs is 2. The first-order valence-electron chi connectivity index (χ1n) is 13.0. The number of hydrogen-bond acceptors (Lipinski definition) is 11. The van der Waals surface area contributed by atoms with Crippen molar-refractivity contribution in [3.8, 4) is 23.1 Å². The Hall–Kier alpha value is -4.23. The van der Waals surface area contributed by atoms with Gasteiger partial charge in [0.25, 0.3) is 5.88 Å². The van der Waals surface area contributed by atoms with Gasteiger partial charge in [-0.15, -0.1) is 22.7 Å². The van der Waals surface area contributed by atoms with E-state index in [4.69, 9.17) is 29.2 Å². The second-order valence-electron chi connectivity index (χ2n) is 9.38. The van der Waals surface area contributed by atoms with Crippen LogP contribution in [0.4, 0.5) is 0 Å². The number of rotatable bonds is 16. The number of thiophene rings is 2. The second-order valence-corrected chi connectivity index (χ2v) is 11.5. The van der Waals surface area contributed by atoms with Gasteiger partial charge in [-0.25, -0.2) is 4.98 Å². The number of Topliss-reactive ketones (excluding diaryl/α,β-unsaturated/α-hetero) is 2. The molecule has 0 fully saturated rings. The van der Waals surface area contributed by atoms with E-state index in [0.29, 0.717) is 45.5 Å². The maximum absolute atomic E-state index is 12.5. The number of carbonyl (C=O) groups excluding carboxylic acids is 2. The predicted octanol–water partition coefficient (Wildman–Crippen LogP) is 5.72. The molecule has 222 valence electrons. The van der Waals surface area contributed by atoms with Crippen LogP contribution in [-0.4, -0.2) is 66.1 Å². The van der Waals surface area contributed by atoms with E-state index in [1.165, 1.54) is 43.8 Å². The molecule has 4 rings (SSSR count). The van der Waals surface area contributed by atoms with E-state index in [1.807, 2.05) is 0 Å². The quantitative estimate of drug-likeness (QED) is 0.117. The van der Waals surface area contributed by atoms with Gasteiger partial charge in [-0.1, -0.05) is 6.92 Å². The molecule has 0 unspecified atom stereocenters. The lowest BCUT2D eigenvalue weighted by atomic mass is 10.0. The first kappa shape index (κ1) is 30.7. The third-order valence-corrected chi connectivity index (χ3v) is 8.52. The molecule has 0 aliphatic carbocycles. The normalized spacial score (nSPS) is 11.8. The van der Waals surface area contributed by atoms with Crippen molar-refractivity contribution in [2.24, 2.45) is 5.92 Å². The molecule has 1 aromatic carbocycles. The highest BCUT2D eigenvalue weighted by atomic mass is 32.1. The maximum atomic E-state index is 12.5. The van der Waals surface area contributed by atoms with E-state index in [2.05, 4.69) is 4.98 Å². The summed E-state index contributed by atoms with van der Waals surface area (Å²) in [5.74, 6) is -1.64. The Labute approximate surface area is 248 Å². The summed E-state index contributed by atoms with van der Waals surface area (Å²) in [4.78, 5) is 52.2. The van der Waals surface area contributed by atoms with Crippen LogP contribution in [0.15, 0.2) is 30.3 Å². The van der Waals surface area contributed by atoms with Crippen molar-refractivity contribution in [1.29, 1.82) is 0 Å². The topological polar surface area (TPSA) is 159 Å². The zero-order valence-electron chi connectivity index (χ0n) is 23.1. The van der Waals surface area contributed by atoms with Crippen LogP contribution in [0.1, 0.15) is 52.0 Å². The molecule has 0 bridgehead atoms. The molecule has 0 amide bonds. The summed E-state index contributed by atoms with van der Waals surface area (Å²) in [7, 11) is 3.01. The molecule has 13 heteroatoms. The maximum Gasteiger partial charge on any atom is 0.306 e. The Morgan fingerprint density at radius 2 is 1.48 bits per heavy atom. The van der Waals surface area contributed by atoms with Gasteiger partial charge in [0, 0.05) is 36.1 Å². The molecule has 4 aromatic rings. The number of benzene rings is 1. The van der Waals surface area contributed by atoms with Crippen LogP contribution in [0, 0.1) is 5.92 Å². The number of methoxy groups -OCH3 is 2. The third-order valence-electron chi connectivity index (χ3n) is 6.27. The number of aliphatic carboxylic acids is 2. The SMILES string of the molecule is COc1cc2sc(C(=O)CCC(=O)O)cc2cc1OCCCOc1nc2cc(C(=O)C[C@H](C)C(=O)O)sc2cc1OC. The Bertz CT molecular complexity index is 1640. The van der Waals surface area contributed by atoms with Crippen LogP contribution in [0.25, 0.3) is 20.3 Å². The van der Waals surface area contributed by atoms with E-state index in [9.17, 15) is 19.2 Å². The van der Waals surface area contributed by atoms with Crippen molar-refractivity contribution in [2.45, 2.75) is 32.6 Å². The van der Waals surface area contributed by atoms with Crippen LogP contribution in [0.2, 0.25) is 0 Å². The Balaban J connectivity index is 1.37. The minimum atomic E-state index is -1.02. The Kier molecular flexibility index (Phi) is 9.96. The van der Waals surface area contributed by atoms with Crippen molar-refractivity contribution in [2.75, 3.05) is 27.4 Å². The van der Waals surface area contributed by atoms with Gasteiger partial charge in [-0.2, -0.15) is 0 Å². The third kappa shape index (κ3) is 7.34. The van der Waals surface area contributed by atoms with Gasteiger partial charge in [0.05, 0.1) is 59.7 Å². The summed E-state index contributed by atoms with van der Waals surface area (Å²) in [6.45, 7) is 2.04. The number of carboxylic acid groups (broad SMARTS) is 2. The van der Waals surface area contributed by atoms with E-state index >= 15 is 0 Å². The summed E-state index contributed by atoms with van der Waals surface area (Å²) >= 11 is 2.50. The standard InChI is InChI=1S/C29H29NO10S2/c1-15(29(35)36)9-19(32)26-12-17-24(42-26)14-22(38-3)28(30-17)40-8-4-7-39-21-10-16-11-25(18(31)5-6-27(33)34)41-23(16)13-20(21)37-2/h10-15H,4-9H2,1-3H3,(H,33,34)(H,35,36)/t15-/m0/s1. The number of hydrogen-bond donors (Lipinski definition) is 2. The molecule has 1 atom stereocenters. The van der Waals surface area contributed by atoms with Crippen molar-refractivity contribution < 1.29 is 48.3 Å². The van der Waals surface area contributed by atoms with Crippen molar-refractivity contribution in [1.82, 2.24) is 4.98 Å². The van der Waals surface area contributed by atoms with Gasteiger partial charge < -0.3 is 29.2 Å².